The number of piperazine rings is 1. The number of aromatic hydroxyl groups is 1. The molecular weight excluding hydrogens is 360 g/mol. The molecule has 0 saturated carbocycles. The summed E-state index contributed by atoms with van der Waals surface area (Å²) in [5.41, 5.74) is 1.71. The lowest BCUT2D eigenvalue weighted by Crippen LogP contribution is -2.51. The minimum atomic E-state index is -0.418. The second-order valence-corrected chi connectivity index (χ2v) is 7.52. The van der Waals surface area contributed by atoms with E-state index < -0.39 is 5.63 Å². The number of rotatable bonds is 4. The van der Waals surface area contributed by atoms with Crippen LogP contribution in [0, 0.1) is 0 Å². The van der Waals surface area contributed by atoms with E-state index in [1.807, 2.05) is 17.9 Å². The topological polar surface area (TPSA) is 83.2 Å². The monoisotopic (exact) mass is 386 g/mol. The maximum absolute atomic E-state index is 12.5. The van der Waals surface area contributed by atoms with E-state index in [1.54, 1.807) is 0 Å². The molecular formula is C21H26N2O5. The van der Waals surface area contributed by atoms with Gasteiger partial charge in [0.1, 0.15) is 17.4 Å². The van der Waals surface area contributed by atoms with Crippen molar-refractivity contribution in [1.82, 2.24) is 9.80 Å². The third-order valence-electron chi connectivity index (χ3n) is 5.69. The summed E-state index contributed by atoms with van der Waals surface area (Å²) in [4.78, 5) is 28.6. The standard InChI is InChI=1S/C21H26N2O5/c1-2-14-10-16-15(11-20(25)28-19(16)12-17(14)24)13-22-5-7-23(8-6-22)21(26)18-4-3-9-27-18/h10-12,18,24H,2-9,13H2,1H3. The van der Waals surface area contributed by atoms with Crippen LogP contribution in [0.25, 0.3) is 11.0 Å². The number of nitrogens with zero attached hydrogens (tertiary/aromatic N) is 2. The largest absolute Gasteiger partial charge is 0.508 e. The van der Waals surface area contributed by atoms with Crippen LogP contribution in [-0.2, 0) is 22.5 Å². The van der Waals surface area contributed by atoms with Crippen LogP contribution in [0.5, 0.6) is 5.75 Å². The first-order valence-electron chi connectivity index (χ1n) is 9.96. The first-order chi connectivity index (χ1) is 13.5. The molecule has 1 N–H and O–H groups in total. The number of hydrogen-bond donors (Lipinski definition) is 1. The van der Waals surface area contributed by atoms with Gasteiger partial charge in [-0.15, -0.1) is 0 Å². The molecule has 2 aliphatic rings. The van der Waals surface area contributed by atoms with Gasteiger partial charge in [-0.25, -0.2) is 4.79 Å². The second-order valence-electron chi connectivity index (χ2n) is 7.52. The fourth-order valence-corrected chi connectivity index (χ4v) is 4.06. The number of hydrogen-bond acceptors (Lipinski definition) is 6. The minimum Gasteiger partial charge on any atom is -0.508 e. The molecule has 1 aromatic carbocycles. The van der Waals surface area contributed by atoms with Gasteiger partial charge in [-0.05, 0) is 36.5 Å². The molecule has 7 nitrogen and oxygen atoms in total. The summed E-state index contributed by atoms with van der Waals surface area (Å²) < 4.78 is 10.8. The molecule has 4 rings (SSSR count). The normalized spacial score (nSPS) is 20.8. The van der Waals surface area contributed by atoms with Crippen LogP contribution in [0.1, 0.15) is 30.9 Å². The molecule has 0 radical (unpaired) electrons. The van der Waals surface area contributed by atoms with Crippen molar-refractivity contribution in [2.45, 2.75) is 38.8 Å². The summed E-state index contributed by atoms with van der Waals surface area (Å²) in [5, 5.41) is 10.9. The Morgan fingerprint density at radius 2 is 1.96 bits per heavy atom. The Hall–Kier alpha value is -2.38. The lowest BCUT2D eigenvalue weighted by molar-refractivity contribution is -0.142. The molecule has 28 heavy (non-hydrogen) atoms. The molecule has 150 valence electrons. The molecule has 2 saturated heterocycles. The van der Waals surface area contributed by atoms with Crippen molar-refractivity contribution in [3.63, 3.8) is 0 Å². The second kappa shape index (κ2) is 7.93. The first-order valence-corrected chi connectivity index (χ1v) is 9.96. The van der Waals surface area contributed by atoms with Gasteiger partial charge in [0.25, 0.3) is 5.91 Å². The third kappa shape index (κ3) is 3.77. The maximum atomic E-state index is 12.5. The molecule has 0 spiro atoms. The van der Waals surface area contributed by atoms with Gasteiger partial charge in [-0.3, -0.25) is 9.69 Å². The lowest BCUT2D eigenvalue weighted by Gasteiger charge is -2.35. The van der Waals surface area contributed by atoms with Crippen molar-refractivity contribution in [3.05, 3.63) is 39.7 Å². The van der Waals surface area contributed by atoms with Gasteiger partial charge in [0.15, 0.2) is 0 Å². The average Bonchev–Trinajstić information content (AvgIpc) is 3.22. The van der Waals surface area contributed by atoms with Gasteiger partial charge in [0, 0.05) is 56.8 Å². The molecule has 1 atom stereocenters. The highest BCUT2D eigenvalue weighted by Gasteiger charge is 2.30. The van der Waals surface area contributed by atoms with Gasteiger partial charge in [0.2, 0.25) is 0 Å². The van der Waals surface area contributed by atoms with Gasteiger partial charge >= 0.3 is 5.63 Å². The average molecular weight is 386 g/mol. The summed E-state index contributed by atoms with van der Waals surface area (Å²) in [5.74, 6) is 0.252. The number of phenolic OH excluding ortho intramolecular Hbond substituents is 1. The Morgan fingerprint density at radius 1 is 1.18 bits per heavy atom. The van der Waals surface area contributed by atoms with Crippen molar-refractivity contribution >= 4 is 16.9 Å². The van der Waals surface area contributed by atoms with E-state index in [0.717, 1.165) is 42.4 Å². The van der Waals surface area contributed by atoms with Crippen molar-refractivity contribution in [1.29, 1.82) is 0 Å². The van der Waals surface area contributed by atoms with Crippen LogP contribution >= 0.6 is 0 Å². The van der Waals surface area contributed by atoms with Crippen LogP contribution in [-0.4, -0.2) is 59.7 Å². The van der Waals surface area contributed by atoms with E-state index in [9.17, 15) is 14.7 Å². The van der Waals surface area contributed by atoms with Crippen LogP contribution in [0.2, 0.25) is 0 Å². The summed E-state index contributed by atoms with van der Waals surface area (Å²) in [7, 11) is 0. The third-order valence-corrected chi connectivity index (χ3v) is 5.69. The Bertz CT molecular complexity index is 924. The molecule has 1 amide bonds. The van der Waals surface area contributed by atoms with Crippen molar-refractivity contribution < 1.29 is 19.1 Å². The Labute approximate surface area is 163 Å². The van der Waals surface area contributed by atoms with Crippen LogP contribution in [0.3, 0.4) is 0 Å². The summed E-state index contributed by atoms with van der Waals surface area (Å²) in [6.45, 7) is 6.09. The number of phenols is 1. The van der Waals surface area contributed by atoms with Crippen molar-refractivity contribution in [3.8, 4) is 5.75 Å². The number of carbonyl (C=O) groups excluding carboxylic acids is 1. The molecule has 1 aromatic heterocycles. The molecule has 2 aromatic rings. The van der Waals surface area contributed by atoms with Gasteiger partial charge in [0.05, 0.1) is 0 Å². The number of ether oxygens (including phenoxy) is 1. The fraction of sp³-hybridized carbons (Fsp3) is 0.524. The van der Waals surface area contributed by atoms with E-state index in [-0.39, 0.29) is 17.8 Å². The highest BCUT2D eigenvalue weighted by molar-refractivity contribution is 5.83. The molecule has 1 unspecified atom stereocenters. The molecule has 0 bridgehead atoms. The van der Waals surface area contributed by atoms with Crippen LogP contribution in [0.4, 0.5) is 0 Å². The van der Waals surface area contributed by atoms with E-state index >= 15 is 0 Å². The molecule has 3 heterocycles. The van der Waals surface area contributed by atoms with Gasteiger partial charge in [-0.1, -0.05) is 6.92 Å². The summed E-state index contributed by atoms with van der Waals surface area (Å²) in [6, 6.07) is 4.96. The number of carbonyl (C=O) groups is 1. The van der Waals surface area contributed by atoms with Crippen LogP contribution in [0.15, 0.2) is 27.4 Å². The number of aryl methyl sites for hydroxylation is 1. The fourth-order valence-electron chi connectivity index (χ4n) is 4.06. The van der Waals surface area contributed by atoms with Gasteiger partial charge < -0.3 is 19.2 Å². The molecule has 2 aliphatic heterocycles. The molecule has 7 heteroatoms. The van der Waals surface area contributed by atoms with Crippen molar-refractivity contribution in [2.75, 3.05) is 32.8 Å². The number of fused-ring (bicyclic) bond motifs is 1. The summed E-state index contributed by atoms with van der Waals surface area (Å²) in [6.07, 6.45) is 2.20. The zero-order valence-electron chi connectivity index (χ0n) is 16.1. The zero-order chi connectivity index (χ0) is 19.7. The maximum Gasteiger partial charge on any atom is 0.336 e. The number of benzene rings is 1. The predicted octanol–water partition coefficient (Wildman–Crippen LogP) is 1.88. The Balaban J connectivity index is 1.48. The zero-order valence-corrected chi connectivity index (χ0v) is 16.1. The van der Waals surface area contributed by atoms with E-state index in [2.05, 4.69) is 4.90 Å². The Kier molecular flexibility index (Phi) is 5.37. The number of amides is 1. The lowest BCUT2D eigenvalue weighted by atomic mass is 10.0. The minimum absolute atomic E-state index is 0.103. The van der Waals surface area contributed by atoms with Crippen molar-refractivity contribution in [2.24, 2.45) is 0 Å². The SMILES string of the molecule is CCc1cc2c(CN3CCN(C(=O)C4CCCO4)CC3)cc(=O)oc2cc1O. The first kappa shape index (κ1) is 19.0. The van der Waals surface area contributed by atoms with E-state index in [4.69, 9.17) is 9.15 Å². The highest BCUT2D eigenvalue weighted by Crippen LogP contribution is 2.27. The predicted molar refractivity (Wildman–Crippen MR) is 104 cm³/mol. The Morgan fingerprint density at radius 3 is 2.64 bits per heavy atom. The molecule has 2 fully saturated rings. The highest BCUT2D eigenvalue weighted by atomic mass is 16.5. The van der Waals surface area contributed by atoms with E-state index in [0.29, 0.717) is 38.2 Å². The van der Waals surface area contributed by atoms with Gasteiger partial charge in [-0.2, -0.15) is 0 Å². The van der Waals surface area contributed by atoms with E-state index in [1.165, 1.54) is 12.1 Å². The quantitative estimate of drug-likeness (QED) is 0.808. The molecule has 0 aliphatic carbocycles. The summed E-state index contributed by atoms with van der Waals surface area (Å²) >= 11 is 0. The van der Waals surface area contributed by atoms with Crippen LogP contribution < -0.4 is 5.63 Å². The smallest absolute Gasteiger partial charge is 0.336 e.